The first-order chi connectivity index (χ1) is 14.1. The fourth-order valence-corrected chi connectivity index (χ4v) is 2.85. The summed E-state index contributed by atoms with van der Waals surface area (Å²) in [6.45, 7) is 2.32. The highest BCUT2D eigenvalue weighted by Gasteiger charge is 2.15. The third-order valence-corrected chi connectivity index (χ3v) is 4.35. The number of carbonyl (C=O) groups is 1. The summed E-state index contributed by atoms with van der Waals surface area (Å²) in [7, 11) is 0. The quantitative estimate of drug-likeness (QED) is 0.508. The standard InChI is InChI=1S/C23H19N5O/c1-17-8-5-6-11-21(17)26-23(29)19(15-25)14-20-16-28(13-7-12-24)27-22(20)18-9-3-2-4-10-18/h2-6,8-11,14,16H,7,13H2,1H3,(H,26,29)/b19-14+. The van der Waals surface area contributed by atoms with Crippen molar-refractivity contribution in [2.45, 2.75) is 19.9 Å². The second kappa shape index (κ2) is 9.16. The van der Waals surface area contributed by atoms with E-state index in [0.717, 1.165) is 11.1 Å². The highest BCUT2D eigenvalue weighted by molar-refractivity contribution is 6.10. The number of hydrogen-bond donors (Lipinski definition) is 1. The molecule has 1 aromatic heterocycles. The van der Waals surface area contributed by atoms with E-state index >= 15 is 0 Å². The van der Waals surface area contributed by atoms with Gasteiger partial charge in [-0.3, -0.25) is 9.48 Å². The molecule has 0 atom stereocenters. The van der Waals surface area contributed by atoms with Crippen LogP contribution in [0.3, 0.4) is 0 Å². The molecule has 6 nitrogen and oxygen atoms in total. The van der Waals surface area contributed by atoms with Crippen molar-refractivity contribution < 1.29 is 4.79 Å². The van der Waals surface area contributed by atoms with Crippen LogP contribution in [0.2, 0.25) is 0 Å². The van der Waals surface area contributed by atoms with Crippen molar-refractivity contribution in [1.29, 1.82) is 10.5 Å². The van der Waals surface area contributed by atoms with Crippen LogP contribution in [-0.4, -0.2) is 15.7 Å². The zero-order chi connectivity index (χ0) is 20.6. The largest absolute Gasteiger partial charge is 0.321 e. The summed E-state index contributed by atoms with van der Waals surface area (Å²) in [5.74, 6) is -0.481. The fraction of sp³-hybridized carbons (Fsp3) is 0.130. The van der Waals surface area contributed by atoms with Crippen LogP contribution in [-0.2, 0) is 11.3 Å². The van der Waals surface area contributed by atoms with Gasteiger partial charge in [-0.15, -0.1) is 0 Å². The van der Waals surface area contributed by atoms with E-state index in [0.29, 0.717) is 29.9 Å². The van der Waals surface area contributed by atoms with E-state index in [1.54, 1.807) is 16.9 Å². The molecule has 6 heteroatoms. The number of rotatable bonds is 6. The smallest absolute Gasteiger partial charge is 0.266 e. The van der Waals surface area contributed by atoms with Gasteiger partial charge in [0.05, 0.1) is 24.7 Å². The second-order valence-electron chi connectivity index (χ2n) is 6.41. The average molecular weight is 381 g/mol. The van der Waals surface area contributed by atoms with E-state index in [1.807, 2.05) is 61.5 Å². The molecule has 0 unspecified atom stereocenters. The lowest BCUT2D eigenvalue weighted by atomic mass is 10.1. The molecule has 0 bridgehead atoms. The Bertz CT molecular complexity index is 1130. The predicted octanol–water partition coefficient (Wildman–Crippen LogP) is 4.32. The Morgan fingerprint density at radius 1 is 1.14 bits per heavy atom. The van der Waals surface area contributed by atoms with Crippen LogP contribution in [0.25, 0.3) is 17.3 Å². The molecule has 2 aromatic carbocycles. The molecule has 0 aliphatic rings. The number of para-hydroxylation sites is 1. The molecular weight excluding hydrogens is 362 g/mol. The number of benzene rings is 2. The number of anilines is 1. The fourth-order valence-electron chi connectivity index (χ4n) is 2.85. The van der Waals surface area contributed by atoms with Crippen molar-refractivity contribution in [2.75, 3.05) is 5.32 Å². The highest BCUT2D eigenvalue weighted by atomic mass is 16.1. The normalized spacial score (nSPS) is 10.8. The zero-order valence-electron chi connectivity index (χ0n) is 16.0. The minimum Gasteiger partial charge on any atom is -0.321 e. The van der Waals surface area contributed by atoms with Gasteiger partial charge in [-0.2, -0.15) is 15.6 Å². The van der Waals surface area contributed by atoms with Crippen LogP contribution < -0.4 is 5.32 Å². The number of aryl methyl sites for hydroxylation is 2. The molecule has 0 fully saturated rings. The van der Waals surface area contributed by atoms with Gasteiger partial charge in [0, 0.05) is 23.0 Å². The lowest BCUT2D eigenvalue weighted by molar-refractivity contribution is -0.112. The van der Waals surface area contributed by atoms with E-state index in [2.05, 4.69) is 16.5 Å². The Hall–Kier alpha value is -4.16. The lowest BCUT2D eigenvalue weighted by Crippen LogP contribution is -2.14. The monoisotopic (exact) mass is 381 g/mol. The predicted molar refractivity (Wildman–Crippen MR) is 111 cm³/mol. The summed E-state index contributed by atoms with van der Waals surface area (Å²) in [5, 5.41) is 25.7. The molecule has 0 aliphatic carbocycles. The summed E-state index contributed by atoms with van der Waals surface area (Å²) < 4.78 is 1.66. The van der Waals surface area contributed by atoms with Crippen molar-refractivity contribution in [3.05, 3.63) is 77.5 Å². The van der Waals surface area contributed by atoms with Gasteiger partial charge < -0.3 is 5.32 Å². The molecule has 142 valence electrons. The van der Waals surface area contributed by atoms with Crippen LogP contribution in [0.4, 0.5) is 5.69 Å². The first-order valence-corrected chi connectivity index (χ1v) is 9.11. The Labute approximate surface area is 169 Å². The van der Waals surface area contributed by atoms with Crippen LogP contribution in [0.1, 0.15) is 17.5 Å². The molecule has 1 N–H and O–H groups in total. The van der Waals surface area contributed by atoms with E-state index < -0.39 is 5.91 Å². The summed E-state index contributed by atoms with van der Waals surface area (Å²) in [6, 6.07) is 21.0. The molecule has 3 aromatic rings. The molecule has 29 heavy (non-hydrogen) atoms. The number of aromatic nitrogens is 2. The van der Waals surface area contributed by atoms with Gasteiger partial charge in [0.15, 0.2) is 0 Å². The molecule has 1 amide bonds. The Kier molecular flexibility index (Phi) is 6.19. The van der Waals surface area contributed by atoms with E-state index in [9.17, 15) is 10.1 Å². The zero-order valence-corrected chi connectivity index (χ0v) is 16.0. The van der Waals surface area contributed by atoms with Crippen LogP contribution in [0.5, 0.6) is 0 Å². The Balaban J connectivity index is 1.97. The molecule has 0 saturated heterocycles. The molecule has 0 spiro atoms. The van der Waals surface area contributed by atoms with Crippen molar-refractivity contribution >= 4 is 17.7 Å². The number of hydrogen-bond acceptors (Lipinski definition) is 4. The first kappa shape index (κ1) is 19.6. The summed E-state index contributed by atoms with van der Waals surface area (Å²) in [6.07, 6.45) is 3.60. The van der Waals surface area contributed by atoms with Gasteiger partial charge in [-0.05, 0) is 24.6 Å². The Morgan fingerprint density at radius 3 is 2.55 bits per heavy atom. The van der Waals surface area contributed by atoms with Gasteiger partial charge in [0.25, 0.3) is 5.91 Å². The van der Waals surface area contributed by atoms with Crippen molar-refractivity contribution in [3.8, 4) is 23.4 Å². The average Bonchev–Trinajstić information content (AvgIpc) is 3.15. The molecule has 0 saturated carbocycles. The van der Waals surface area contributed by atoms with Gasteiger partial charge in [-0.1, -0.05) is 48.5 Å². The van der Waals surface area contributed by atoms with Crippen molar-refractivity contribution in [3.63, 3.8) is 0 Å². The first-order valence-electron chi connectivity index (χ1n) is 9.11. The third-order valence-electron chi connectivity index (χ3n) is 4.35. The third kappa shape index (κ3) is 4.77. The lowest BCUT2D eigenvalue weighted by Gasteiger charge is -2.07. The number of nitrogens with one attached hydrogen (secondary N) is 1. The minimum absolute atomic E-state index is 0.0229. The molecule has 1 heterocycles. The summed E-state index contributed by atoms with van der Waals surface area (Å²) >= 11 is 0. The van der Waals surface area contributed by atoms with E-state index in [-0.39, 0.29) is 5.57 Å². The topological polar surface area (TPSA) is 94.5 Å². The molecule has 3 rings (SSSR count). The maximum absolute atomic E-state index is 12.7. The van der Waals surface area contributed by atoms with Crippen molar-refractivity contribution in [1.82, 2.24) is 9.78 Å². The minimum atomic E-state index is -0.481. The van der Waals surface area contributed by atoms with Gasteiger partial charge in [0.2, 0.25) is 0 Å². The molecule has 0 aliphatic heterocycles. The van der Waals surface area contributed by atoms with Crippen LogP contribution >= 0.6 is 0 Å². The van der Waals surface area contributed by atoms with Crippen LogP contribution in [0.15, 0.2) is 66.4 Å². The van der Waals surface area contributed by atoms with Gasteiger partial charge in [0.1, 0.15) is 11.6 Å². The summed E-state index contributed by atoms with van der Waals surface area (Å²) in [4.78, 5) is 12.7. The maximum atomic E-state index is 12.7. The summed E-state index contributed by atoms with van der Waals surface area (Å²) in [5.41, 5.74) is 3.71. The molecule has 0 radical (unpaired) electrons. The number of amides is 1. The maximum Gasteiger partial charge on any atom is 0.266 e. The number of carbonyl (C=O) groups excluding carboxylic acids is 1. The highest BCUT2D eigenvalue weighted by Crippen LogP contribution is 2.24. The van der Waals surface area contributed by atoms with Gasteiger partial charge >= 0.3 is 0 Å². The number of nitrogens with zero attached hydrogens (tertiary/aromatic N) is 4. The van der Waals surface area contributed by atoms with Gasteiger partial charge in [-0.25, -0.2) is 0 Å². The SMILES string of the molecule is Cc1ccccc1NC(=O)/C(C#N)=C/c1cn(CCC#N)nc1-c1ccccc1. The second-order valence-corrected chi connectivity index (χ2v) is 6.41. The van der Waals surface area contributed by atoms with E-state index in [4.69, 9.17) is 5.26 Å². The number of nitriles is 2. The van der Waals surface area contributed by atoms with E-state index in [1.165, 1.54) is 6.08 Å². The Morgan fingerprint density at radius 2 is 1.86 bits per heavy atom. The molecular formula is C23H19N5O. The van der Waals surface area contributed by atoms with Crippen LogP contribution in [0, 0.1) is 29.6 Å². The van der Waals surface area contributed by atoms with Crippen molar-refractivity contribution in [2.24, 2.45) is 0 Å².